The summed E-state index contributed by atoms with van der Waals surface area (Å²) in [5.41, 5.74) is 1.58. The first kappa shape index (κ1) is 16.1. The highest BCUT2D eigenvalue weighted by atomic mass is 35.5. The molecule has 0 unspecified atom stereocenters. The van der Waals surface area contributed by atoms with E-state index < -0.39 is 0 Å². The molecule has 1 heterocycles. The number of nitro groups is 1. The number of quaternary nitrogens is 1. The molecule has 0 aliphatic rings. The highest BCUT2D eigenvalue weighted by Crippen LogP contribution is 2.29. The Morgan fingerprint density at radius 3 is 2.90 bits per heavy atom. The van der Waals surface area contributed by atoms with Gasteiger partial charge < -0.3 is 23.0 Å². The number of fused-ring (bicyclic) bond motifs is 1. The molecule has 1 aromatic heterocycles. The van der Waals surface area contributed by atoms with Crippen molar-refractivity contribution in [2.45, 2.75) is 6.92 Å². The van der Waals surface area contributed by atoms with E-state index in [2.05, 4.69) is 22.5 Å². The smallest absolute Gasteiger partial charge is 0.278 e. The van der Waals surface area contributed by atoms with Crippen LogP contribution >= 0.6 is 0 Å². The van der Waals surface area contributed by atoms with Gasteiger partial charge in [0.1, 0.15) is 5.52 Å². The van der Waals surface area contributed by atoms with Crippen LogP contribution in [0.15, 0.2) is 30.5 Å². The van der Waals surface area contributed by atoms with Gasteiger partial charge in [-0.05, 0) is 25.1 Å². The lowest BCUT2D eigenvalue weighted by molar-refractivity contribution is -0.648. The monoisotopic (exact) mass is 296 g/mol. The van der Waals surface area contributed by atoms with Crippen LogP contribution in [0.25, 0.3) is 10.9 Å². The number of benzene rings is 1. The van der Waals surface area contributed by atoms with Gasteiger partial charge in [0.15, 0.2) is 0 Å². The van der Waals surface area contributed by atoms with Crippen LogP contribution in [-0.4, -0.2) is 29.5 Å². The van der Waals surface area contributed by atoms with Crippen molar-refractivity contribution in [1.82, 2.24) is 4.98 Å². The number of hydrogen-bond donors (Lipinski definition) is 2. The molecule has 0 spiro atoms. The number of non-ortho nitro benzene ring substituents is 1. The second kappa shape index (κ2) is 7.62. The Kier molecular flexibility index (Phi) is 6.14. The second-order valence-electron chi connectivity index (χ2n) is 4.20. The Morgan fingerprint density at radius 1 is 1.40 bits per heavy atom. The van der Waals surface area contributed by atoms with Gasteiger partial charge in [0, 0.05) is 12.3 Å². The minimum absolute atomic E-state index is 0. The van der Waals surface area contributed by atoms with Crippen molar-refractivity contribution in [3.05, 3.63) is 40.6 Å². The van der Waals surface area contributed by atoms with E-state index in [4.69, 9.17) is 0 Å². The number of aromatic nitrogens is 1. The van der Waals surface area contributed by atoms with Crippen LogP contribution in [0.4, 0.5) is 11.4 Å². The third-order valence-corrected chi connectivity index (χ3v) is 2.90. The molecule has 20 heavy (non-hydrogen) atoms. The first-order valence-corrected chi connectivity index (χ1v) is 6.31. The van der Waals surface area contributed by atoms with Crippen molar-refractivity contribution < 1.29 is 22.6 Å². The molecule has 0 saturated carbocycles. The first-order valence-electron chi connectivity index (χ1n) is 6.31. The molecule has 0 aliphatic heterocycles. The van der Waals surface area contributed by atoms with E-state index in [9.17, 15) is 10.1 Å². The van der Waals surface area contributed by atoms with Gasteiger partial charge in [-0.15, -0.1) is 0 Å². The molecule has 1 aromatic carbocycles. The Bertz CT molecular complexity index is 592. The zero-order chi connectivity index (χ0) is 13.7. The maximum Gasteiger partial charge on any atom is 0.278 e. The highest BCUT2D eigenvalue weighted by molar-refractivity contribution is 5.96. The van der Waals surface area contributed by atoms with E-state index in [1.54, 1.807) is 24.4 Å². The van der Waals surface area contributed by atoms with Gasteiger partial charge in [-0.1, -0.05) is 0 Å². The van der Waals surface area contributed by atoms with Gasteiger partial charge in [0.2, 0.25) is 0 Å². The van der Waals surface area contributed by atoms with Crippen LogP contribution < -0.4 is 23.0 Å². The average molecular weight is 297 g/mol. The van der Waals surface area contributed by atoms with E-state index in [0.717, 1.165) is 25.3 Å². The number of hydrogen-bond acceptors (Lipinski definition) is 4. The summed E-state index contributed by atoms with van der Waals surface area (Å²) in [6, 6.07) is 6.68. The first-order chi connectivity index (χ1) is 9.24. The number of halogens is 1. The lowest BCUT2D eigenvalue weighted by atomic mass is 10.1. The zero-order valence-electron chi connectivity index (χ0n) is 11.2. The molecule has 0 radical (unpaired) electrons. The highest BCUT2D eigenvalue weighted by Gasteiger charge is 2.14. The Morgan fingerprint density at radius 2 is 2.20 bits per heavy atom. The molecule has 0 fully saturated rings. The van der Waals surface area contributed by atoms with Crippen LogP contribution in [0.1, 0.15) is 6.92 Å². The van der Waals surface area contributed by atoms with Crippen molar-refractivity contribution in [3.8, 4) is 0 Å². The quantitative estimate of drug-likeness (QED) is 0.372. The van der Waals surface area contributed by atoms with Gasteiger partial charge in [-0.3, -0.25) is 15.1 Å². The Hall–Kier alpha value is -1.92. The van der Waals surface area contributed by atoms with E-state index >= 15 is 0 Å². The summed E-state index contributed by atoms with van der Waals surface area (Å²) in [5, 5.41) is 17.0. The van der Waals surface area contributed by atoms with Gasteiger partial charge in [-0.25, -0.2) is 0 Å². The van der Waals surface area contributed by atoms with Crippen molar-refractivity contribution in [2.75, 3.05) is 25.0 Å². The molecule has 0 aliphatic carbocycles. The van der Waals surface area contributed by atoms with E-state index in [1.165, 1.54) is 6.07 Å². The van der Waals surface area contributed by atoms with E-state index in [0.29, 0.717) is 10.9 Å². The van der Waals surface area contributed by atoms with Gasteiger partial charge in [0.05, 0.1) is 35.6 Å². The summed E-state index contributed by atoms with van der Waals surface area (Å²) < 4.78 is 0. The fourth-order valence-electron chi connectivity index (χ4n) is 1.97. The lowest BCUT2D eigenvalue weighted by Gasteiger charge is -2.08. The fraction of sp³-hybridized carbons (Fsp3) is 0.308. The molecule has 3 N–H and O–H groups in total. The normalized spacial score (nSPS) is 10.1. The van der Waals surface area contributed by atoms with E-state index in [-0.39, 0.29) is 23.0 Å². The largest absolute Gasteiger partial charge is 1.00 e. The predicted octanol–water partition coefficient (Wildman–Crippen LogP) is -1.86. The number of nitrogens with one attached hydrogen (secondary N) is 1. The maximum absolute atomic E-state index is 11.0. The van der Waals surface area contributed by atoms with Crippen molar-refractivity contribution >= 4 is 22.3 Å². The summed E-state index contributed by atoms with van der Waals surface area (Å²) in [6.07, 6.45) is 1.65. The maximum atomic E-state index is 11.0. The zero-order valence-corrected chi connectivity index (χ0v) is 11.9. The molecule has 7 heteroatoms. The molecule has 108 valence electrons. The molecular formula is C13H17ClN4O2. The topological polar surface area (TPSA) is 84.7 Å². The summed E-state index contributed by atoms with van der Waals surface area (Å²) in [7, 11) is 0. The number of nitrogens with two attached hydrogens (primary N) is 1. The fourth-order valence-corrected chi connectivity index (χ4v) is 1.97. The van der Waals surface area contributed by atoms with Crippen LogP contribution in [0, 0.1) is 10.1 Å². The lowest BCUT2D eigenvalue weighted by Crippen LogP contribution is -3.00. The molecular weight excluding hydrogens is 280 g/mol. The van der Waals surface area contributed by atoms with Crippen molar-refractivity contribution in [1.29, 1.82) is 0 Å². The number of anilines is 1. The molecule has 2 aromatic rings. The minimum Gasteiger partial charge on any atom is -1.00 e. The predicted molar refractivity (Wildman–Crippen MR) is 74.2 cm³/mol. The molecule has 6 nitrogen and oxygen atoms in total. The van der Waals surface area contributed by atoms with Crippen molar-refractivity contribution in [2.24, 2.45) is 0 Å². The van der Waals surface area contributed by atoms with Crippen molar-refractivity contribution in [3.63, 3.8) is 0 Å². The average Bonchev–Trinajstić information content (AvgIpc) is 2.43. The number of rotatable bonds is 6. The van der Waals surface area contributed by atoms with Crippen LogP contribution in [0.5, 0.6) is 0 Å². The Labute approximate surface area is 123 Å². The molecule has 2 rings (SSSR count). The number of nitro benzene ring substituents is 1. The van der Waals surface area contributed by atoms with Gasteiger partial charge in [-0.2, -0.15) is 0 Å². The third-order valence-electron chi connectivity index (χ3n) is 2.90. The van der Waals surface area contributed by atoms with Gasteiger partial charge >= 0.3 is 0 Å². The number of nitrogens with zero attached hydrogens (tertiary/aromatic N) is 2. The standard InChI is InChI=1S/C13H16N4O2.ClH/c1-2-14-8-9-15-11-5-6-12(17(18)19)10-4-3-7-16-13(10)11;/h3-7,14-15H,2,8-9H2,1H3;1H. The van der Waals surface area contributed by atoms with Crippen LogP contribution in [0.3, 0.4) is 0 Å². The summed E-state index contributed by atoms with van der Waals surface area (Å²) >= 11 is 0. The number of likely N-dealkylation sites (N-methyl/N-ethyl adjacent to an activating group) is 1. The Balaban J connectivity index is 0.00000200. The van der Waals surface area contributed by atoms with E-state index in [1.807, 2.05) is 0 Å². The summed E-state index contributed by atoms with van der Waals surface area (Å²) in [4.78, 5) is 14.8. The molecule has 0 saturated heterocycles. The molecule has 0 amide bonds. The van der Waals surface area contributed by atoms with Crippen LogP contribution in [0.2, 0.25) is 0 Å². The summed E-state index contributed by atoms with van der Waals surface area (Å²) in [6.45, 7) is 4.91. The SMILES string of the molecule is CC[NH2+]CCNc1ccc([N+](=O)[O-])c2cccnc12.[Cl-]. The molecule has 0 atom stereocenters. The molecule has 0 bridgehead atoms. The van der Waals surface area contributed by atoms with Gasteiger partial charge in [0.25, 0.3) is 5.69 Å². The third kappa shape index (κ3) is 3.55. The minimum atomic E-state index is -0.376. The summed E-state index contributed by atoms with van der Waals surface area (Å²) in [5.74, 6) is 0. The number of pyridine rings is 1. The second-order valence-corrected chi connectivity index (χ2v) is 4.20. The van der Waals surface area contributed by atoms with Crippen LogP contribution in [-0.2, 0) is 0 Å².